The van der Waals surface area contributed by atoms with E-state index in [1.807, 2.05) is 24.3 Å². The van der Waals surface area contributed by atoms with Crippen molar-refractivity contribution in [1.29, 1.82) is 0 Å². The van der Waals surface area contributed by atoms with Gasteiger partial charge in [0.25, 0.3) is 0 Å². The number of H-pyrrole nitrogens is 1. The number of aliphatic hydroxyl groups is 1. The molecule has 13 nitrogen and oxygen atoms in total. The number of fused-ring (bicyclic) bond motifs is 1. The highest BCUT2D eigenvalue weighted by Crippen LogP contribution is 2.19. The quantitative estimate of drug-likeness (QED) is 0.154. The molecule has 2 aromatic rings. The standard InChI is InChI=1S/C24H33N5O8/c1-12(2)20(29-22(34)18(11-30)28-21(33)15(25)7-8-19(31)32)23(35)27-17(24(36)37)9-13-10-26-16-6-4-3-5-14(13)16/h3-6,10,12,15,17-18,20,26,30H,7-9,11,25H2,1-2H3,(H,27,35)(H,28,33)(H,29,34)(H,31,32)(H,36,37). The van der Waals surface area contributed by atoms with Crippen LogP contribution in [-0.4, -0.2) is 80.7 Å². The Labute approximate surface area is 212 Å². The molecule has 0 bridgehead atoms. The Morgan fingerprint density at radius 3 is 2.19 bits per heavy atom. The Kier molecular flexibility index (Phi) is 10.6. The van der Waals surface area contributed by atoms with E-state index in [2.05, 4.69) is 20.9 Å². The lowest BCUT2D eigenvalue weighted by molar-refractivity contribution is -0.142. The molecule has 9 N–H and O–H groups in total. The van der Waals surface area contributed by atoms with Gasteiger partial charge in [0, 0.05) is 29.9 Å². The number of carbonyl (C=O) groups excluding carboxylic acids is 3. The Morgan fingerprint density at radius 1 is 0.946 bits per heavy atom. The molecule has 0 radical (unpaired) electrons. The van der Waals surface area contributed by atoms with Gasteiger partial charge >= 0.3 is 11.9 Å². The van der Waals surface area contributed by atoms with Gasteiger partial charge in [0.2, 0.25) is 17.7 Å². The third-order valence-corrected chi connectivity index (χ3v) is 5.78. The third-order valence-electron chi connectivity index (χ3n) is 5.78. The summed E-state index contributed by atoms with van der Waals surface area (Å²) in [6, 6.07) is 2.17. The van der Waals surface area contributed by atoms with Crippen LogP contribution in [0.15, 0.2) is 30.5 Å². The molecule has 0 spiro atoms. The van der Waals surface area contributed by atoms with E-state index in [1.165, 1.54) is 0 Å². The number of amides is 3. The molecule has 4 unspecified atom stereocenters. The van der Waals surface area contributed by atoms with Gasteiger partial charge in [-0.05, 0) is 24.0 Å². The van der Waals surface area contributed by atoms with Gasteiger partial charge in [-0.25, -0.2) is 4.79 Å². The fourth-order valence-electron chi connectivity index (χ4n) is 3.65. The van der Waals surface area contributed by atoms with Crippen molar-refractivity contribution in [3.63, 3.8) is 0 Å². The number of hydrogen-bond acceptors (Lipinski definition) is 7. The largest absolute Gasteiger partial charge is 0.481 e. The summed E-state index contributed by atoms with van der Waals surface area (Å²) in [6.45, 7) is 2.45. The van der Waals surface area contributed by atoms with E-state index in [9.17, 15) is 34.2 Å². The maximum atomic E-state index is 13.0. The van der Waals surface area contributed by atoms with Gasteiger partial charge in [0.05, 0.1) is 12.6 Å². The molecule has 0 aliphatic carbocycles. The topological polar surface area (TPSA) is 224 Å². The number of carboxylic acid groups (broad SMARTS) is 2. The SMILES string of the molecule is CC(C)C(NC(=O)C(CO)NC(=O)C(N)CCC(=O)O)C(=O)NC(Cc1c[nH]c2ccccc12)C(=O)O. The Morgan fingerprint density at radius 2 is 1.59 bits per heavy atom. The van der Waals surface area contributed by atoms with Crippen LogP contribution in [0.2, 0.25) is 0 Å². The molecule has 37 heavy (non-hydrogen) atoms. The highest BCUT2D eigenvalue weighted by Gasteiger charge is 2.32. The number of rotatable bonds is 14. The van der Waals surface area contributed by atoms with E-state index in [0.717, 1.165) is 10.9 Å². The molecular weight excluding hydrogens is 486 g/mol. The lowest BCUT2D eigenvalue weighted by Gasteiger charge is -2.26. The maximum Gasteiger partial charge on any atom is 0.326 e. The van der Waals surface area contributed by atoms with E-state index < -0.39 is 66.4 Å². The van der Waals surface area contributed by atoms with Crippen LogP contribution in [-0.2, 0) is 30.4 Å². The van der Waals surface area contributed by atoms with Gasteiger partial charge in [0.1, 0.15) is 18.1 Å². The Bertz CT molecular complexity index is 1130. The van der Waals surface area contributed by atoms with Crippen LogP contribution in [0.3, 0.4) is 0 Å². The molecule has 1 heterocycles. The molecule has 0 aliphatic rings. The van der Waals surface area contributed by atoms with Gasteiger partial charge in [-0.1, -0.05) is 32.0 Å². The second kappa shape index (κ2) is 13.4. The number of hydrogen-bond donors (Lipinski definition) is 8. The molecule has 3 amide bonds. The number of aromatic amines is 1. The number of carboxylic acids is 2. The highest BCUT2D eigenvalue weighted by molar-refractivity contribution is 5.94. The number of benzene rings is 1. The number of para-hydroxylation sites is 1. The van der Waals surface area contributed by atoms with E-state index in [4.69, 9.17) is 10.8 Å². The highest BCUT2D eigenvalue weighted by atomic mass is 16.4. The first-order chi connectivity index (χ1) is 17.4. The van der Waals surface area contributed by atoms with Gasteiger partial charge < -0.3 is 42.0 Å². The second-order valence-corrected chi connectivity index (χ2v) is 8.98. The minimum Gasteiger partial charge on any atom is -0.481 e. The van der Waals surface area contributed by atoms with E-state index >= 15 is 0 Å². The predicted octanol–water partition coefficient (Wildman–Crippen LogP) is -0.910. The van der Waals surface area contributed by atoms with Gasteiger partial charge in [0.15, 0.2) is 0 Å². The van der Waals surface area contributed by atoms with Crippen molar-refractivity contribution < 1.29 is 39.3 Å². The molecule has 0 fully saturated rings. The average Bonchev–Trinajstić information content (AvgIpc) is 3.25. The summed E-state index contributed by atoms with van der Waals surface area (Å²) in [5, 5.41) is 36.0. The lowest BCUT2D eigenvalue weighted by atomic mass is 10.0. The molecule has 202 valence electrons. The molecule has 1 aromatic heterocycles. The Hall–Kier alpha value is -3.97. The van der Waals surface area contributed by atoms with Crippen molar-refractivity contribution in [3.8, 4) is 0 Å². The van der Waals surface area contributed by atoms with Crippen LogP contribution in [0.25, 0.3) is 10.9 Å². The van der Waals surface area contributed by atoms with Crippen molar-refractivity contribution in [3.05, 3.63) is 36.0 Å². The molecule has 2 rings (SSSR count). The van der Waals surface area contributed by atoms with Gasteiger partial charge in [-0.2, -0.15) is 0 Å². The van der Waals surface area contributed by atoms with Crippen LogP contribution >= 0.6 is 0 Å². The second-order valence-electron chi connectivity index (χ2n) is 8.98. The molecular formula is C24H33N5O8. The van der Waals surface area contributed by atoms with Crippen LogP contribution in [0.1, 0.15) is 32.3 Å². The summed E-state index contributed by atoms with van der Waals surface area (Å²) < 4.78 is 0. The average molecular weight is 520 g/mol. The number of aromatic nitrogens is 1. The molecule has 0 aliphatic heterocycles. The normalized spacial score (nSPS) is 14.4. The van der Waals surface area contributed by atoms with Crippen LogP contribution < -0.4 is 21.7 Å². The fraction of sp³-hybridized carbons (Fsp3) is 0.458. The summed E-state index contributed by atoms with van der Waals surface area (Å²) in [5.74, 6) is -5.36. The van der Waals surface area contributed by atoms with E-state index in [-0.39, 0.29) is 19.3 Å². The minimum absolute atomic E-state index is 0.00655. The monoisotopic (exact) mass is 519 g/mol. The summed E-state index contributed by atoms with van der Waals surface area (Å²) in [4.78, 5) is 63.5. The van der Waals surface area contributed by atoms with Crippen molar-refractivity contribution in [1.82, 2.24) is 20.9 Å². The molecule has 0 saturated carbocycles. The number of carbonyl (C=O) groups is 5. The summed E-state index contributed by atoms with van der Waals surface area (Å²) in [6.07, 6.45) is 1.13. The third kappa shape index (κ3) is 8.29. The van der Waals surface area contributed by atoms with Crippen LogP contribution in [0.4, 0.5) is 0 Å². The zero-order valence-electron chi connectivity index (χ0n) is 20.6. The van der Waals surface area contributed by atoms with E-state index in [1.54, 1.807) is 20.0 Å². The molecule has 13 heteroatoms. The first-order valence-electron chi connectivity index (χ1n) is 11.7. The van der Waals surface area contributed by atoms with Gasteiger partial charge in [-0.15, -0.1) is 0 Å². The summed E-state index contributed by atoms with van der Waals surface area (Å²) >= 11 is 0. The molecule has 0 saturated heterocycles. The molecule has 4 atom stereocenters. The lowest BCUT2D eigenvalue weighted by Crippen LogP contribution is -2.59. The van der Waals surface area contributed by atoms with Crippen LogP contribution in [0.5, 0.6) is 0 Å². The first-order valence-corrected chi connectivity index (χ1v) is 11.7. The number of nitrogens with one attached hydrogen (secondary N) is 4. The zero-order chi connectivity index (χ0) is 27.7. The van der Waals surface area contributed by atoms with Crippen molar-refractivity contribution in [2.45, 2.75) is 57.3 Å². The van der Waals surface area contributed by atoms with Crippen LogP contribution in [0, 0.1) is 5.92 Å². The summed E-state index contributed by atoms with van der Waals surface area (Å²) in [7, 11) is 0. The van der Waals surface area contributed by atoms with Gasteiger partial charge in [-0.3, -0.25) is 19.2 Å². The zero-order valence-corrected chi connectivity index (χ0v) is 20.6. The molecule has 1 aromatic carbocycles. The number of aliphatic hydroxyl groups excluding tert-OH is 1. The predicted molar refractivity (Wildman–Crippen MR) is 132 cm³/mol. The minimum atomic E-state index is -1.46. The van der Waals surface area contributed by atoms with Crippen molar-refractivity contribution >= 4 is 40.6 Å². The van der Waals surface area contributed by atoms with Crippen molar-refractivity contribution in [2.75, 3.05) is 6.61 Å². The van der Waals surface area contributed by atoms with E-state index in [0.29, 0.717) is 5.56 Å². The first kappa shape index (κ1) is 29.3. The maximum absolute atomic E-state index is 13.0. The number of aliphatic carboxylic acids is 2. The van der Waals surface area contributed by atoms with Crippen molar-refractivity contribution in [2.24, 2.45) is 11.7 Å². The Balaban J connectivity index is 2.07. The number of nitrogens with two attached hydrogens (primary N) is 1. The smallest absolute Gasteiger partial charge is 0.326 e. The fourth-order valence-corrected chi connectivity index (χ4v) is 3.65. The summed E-state index contributed by atoms with van der Waals surface area (Å²) in [5.41, 5.74) is 7.14.